The molecule has 2 atom stereocenters. The molecule has 0 aliphatic heterocycles. The van der Waals surface area contributed by atoms with Crippen LogP contribution in [0.2, 0.25) is 0 Å². The number of nitrogens with zero attached hydrogens (tertiary/aromatic N) is 2. The largest absolute Gasteiger partial charge is 0.314 e. The van der Waals surface area contributed by atoms with Crippen LogP contribution in [0.1, 0.15) is 69.9 Å². The molecule has 3 heteroatoms. The highest BCUT2D eigenvalue weighted by Crippen LogP contribution is 2.36. The molecule has 0 saturated heterocycles. The second-order valence-electron chi connectivity index (χ2n) is 6.67. The number of rotatable bonds is 6. The van der Waals surface area contributed by atoms with E-state index < -0.39 is 0 Å². The smallest absolute Gasteiger partial charge is 0.0492 e. The average Bonchev–Trinajstić information content (AvgIpc) is 3.22. The molecule has 3 rings (SSSR count). The average molecular weight is 275 g/mol. The van der Waals surface area contributed by atoms with Crippen LogP contribution >= 0.6 is 0 Å². The Morgan fingerprint density at radius 3 is 2.85 bits per heavy atom. The zero-order valence-corrected chi connectivity index (χ0v) is 12.9. The third kappa shape index (κ3) is 3.43. The summed E-state index contributed by atoms with van der Waals surface area (Å²) < 4.78 is 2.26. The van der Waals surface area contributed by atoms with Crippen molar-refractivity contribution < 1.29 is 0 Å². The molecule has 0 amide bonds. The van der Waals surface area contributed by atoms with Gasteiger partial charge in [-0.05, 0) is 50.6 Å². The Labute approximate surface area is 123 Å². The topological polar surface area (TPSA) is 29.9 Å². The molecule has 1 aromatic rings. The molecule has 2 saturated carbocycles. The van der Waals surface area contributed by atoms with Crippen LogP contribution in [0, 0.1) is 5.92 Å². The standard InChI is InChI=1S/C17H29N3/c1-2-12-20-17(10-11-19-20)16-7-5-3-4-6-14(16)13-18-15-8-9-15/h10-11,14-16,18H,2-9,12-13H2,1H3. The van der Waals surface area contributed by atoms with Crippen molar-refractivity contribution in [3.63, 3.8) is 0 Å². The summed E-state index contributed by atoms with van der Waals surface area (Å²) in [7, 11) is 0. The molecule has 0 bridgehead atoms. The predicted molar refractivity (Wildman–Crippen MR) is 82.9 cm³/mol. The predicted octanol–water partition coefficient (Wildman–Crippen LogP) is 3.71. The third-order valence-corrected chi connectivity index (χ3v) is 4.97. The first-order chi connectivity index (χ1) is 9.88. The van der Waals surface area contributed by atoms with E-state index in [1.54, 1.807) is 0 Å². The van der Waals surface area contributed by atoms with Gasteiger partial charge in [0.1, 0.15) is 0 Å². The minimum Gasteiger partial charge on any atom is -0.314 e. The first kappa shape index (κ1) is 14.1. The van der Waals surface area contributed by atoms with Crippen LogP contribution in [0.15, 0.2) is 12.3 Å². The molecule has 3 nitrogen and oxygen atoms in total. The molecule has 112 valence electrons. The molecule has 1 N–H and O–H groups in total. The quantitative estimate of drug-likeness (QED) is 0.802. The van der Waals surface area contributed by atoms with Crippen LogP contribution < -0.4 is 5.32 Å². The summed E-state index contributed by atoms with van der Waals surface area (Å²) in [6, 6.07) is 3.11. The fourth-order valence-corrected chi connectivity index (χ4v) is 3.68. The van der Waals surface area contributed by atoms with Gasteiger partial charge in [0.15, 0.2) is 0 Å². The lowest BCUT2D eigenvalue weighted by Gasteiger charge is -2.26. The maximum Gasteiger partial charge on any atom is 0.0492 e. The molecule has 2 aliphatic rings. The van der Waals surface area contributed by atoms with Crippen molar-refractivity contribution in [2.75, 3.05) is 6.54 Å². The van der Waals surface area contributed by atoms with Gasteiger partial charge in [0.05, 0.1) is 0 Å². The lowest BCUT2D eigenvalue weighted by Crippen LogP contribution is -2.29. The minimum atomic E-state index is 0.720. The maximum atomic E-state index is 4.55. The van der Waals surface area contributed by atoms with Gasteiger partial charge >= 0.3 is 0 Å². The van der Waals surface area contributed by atoms with E-state index in [9.17, 15) is 0 Å². The fourth-order valence-electron chi connectivity index (χ4n) is 3.68. The molecule has 2 unspecified atom stereocenters. The Bertz CT molecular complexity index is 408. The summed E-state index contributed by atoms with van der Waals surface area (Å²) in [5.74, 6) is 1.53. The van der Waals surface area contributed by atoms with E-state index in [0.29, 0.717) is 0 Å². The molecule has 0 aromatic carbocycles. The van der Waals surface area contributed by atoms with Crippen LogP contribution in [0.3, 0.4) is 0 Å². The number of hydrogen-bond acceptors (Lipinski definition) is 2. The molecule has 20 heavy (non-hydrogen) atoms. The van der Waals surface area contributed by atoms with E-state index in [2.05, 4.69) is 28.1 Å². The SMILES string of the molecule is CCCn1nccc1C1CCCCCC1CNC1CC1. The Kier molecular flexibility index (Phi) is 4.77. The van der Waals surface area contributed by atoms with Gasteiger partial charge in [0.25, 0.3) is 0 Å². The molecule has 2 aliphatic carbocycles. The van der Waals surface area contributed by atoms with Crippen molar-refractivity contribution in [1.82, 2.24) is 15.1 Å². The fraction of sp³-hybridized carbons (Fsp3) is 0.824. The van der Waals surface area contributed by atoms with E-state index in [1.165, 1.54) is 63.6 Å². The summed E-state index contributed by atoms with van der Waals surface area (Å²) in [5.41, 5.74) is 1.50. The zero-order chi connectivity index (χ0) is 13.8. The number of nitrogens with one attached hydrogen (secondary N) is 1. The summed E-state index contributed by atoms with van der Waals surface area (Å²) in [6.45, 7) is 4.53. The van der Waals surface area contributed by atoms with Gasteiger partial charge in [-0.1, -0.05) is 26.2 Å². The van der Waals surface area contributed by atoms with E-state index >= 15 is 0 Å². The normalized spacial score (nSPS) is 27.4. The molecule has 1 aromatic heterocycles. The number of aromatic nitrogens is 2. The van der Waals surface area contributed by atoms with Crippen LogP contribution in [-0.4, -0.2) is 22.4 Å². The summed E-state index contributed by atoms with van der Waals surface area (Å²) in [4.78, 5) is 0. The first-order valence-corrected chi connectivity index (χ1v) is 8.63. The first-order valence-electron chi connectivity index (χ1n) is 8.63. The van der Waals surface area contributed by atoms with Crippen LogP contribution in [0.25, 0.3) is 0 Å². The zero-order valence-electron chi connectivity index (χ0n) is 12.9. The lowest BCUT2D eigenvalue weighted by molar-refractivity contribution is 0.355. The van der Waals surface area contributed by atoms with Gasteiger partial charge in [-0.3, -0.25) is 4.68 Å². The van der Waals surface area contributed by atoms with Crippen molar-refractivity contribution >= 4 is 0 Å². The minimum absolute atomic E-state index is 0.720. The molecule has 1 heterocycles. The van der Waals surface area contributed by atoms with Gasteiger partial charge < -0.3 is 5.32 Å². The van der Waals surface area contributed by atoms with Crippen molar-refractivity contribution in [2.45, 2.75) is 76.8 Å². The Balaban J connectivity index is 1.72. The monoisotopic (exact) mass is 275 g/mol. The van der Waals surface area contributed by atoms with E-state index in [0.717, 1.165) is 24.4 Å². The van der Waals surface area contributed by atoms with Gasteiger partial charge in [0.2, 0.25) is 0 Å². The van der Waals surface area contributed by atoms with Crippen molar-refractivity contribution in [3.05, 3.63) is 18.0 Å². The van der Waals surface area contributed by atoms with Gasteiger partial charge in [-0.15, -0.1) is 0 Å². The molecular formula is C17H29N3. The highest BCUT2D eigenvalue weighted by molar-refractivity contribution is 5.10. The van der Waals surface area contributed by atoms with Crippen LogP contribution in [-0.2, 0) is 6.54 Å². The molecule has 0 radical (unpaired) electrons. The highest BCUT2D eigenvalue weighted by Gasteiger charge is 2.29. The number of aryl methyl sites for hydroxylation is 1. The summed E-state index contributed by atoms with van der Waals surface area (Å²) in [6.07, 6.45) is 12.9. The molecule has 2 fully saturated rings. The maximum absolute atomic E-state index is 4.55. The number of hydrogen-bond donors (Lipinski definition) is 1. The summed E-state index contributed by atoms with van der Waals surface area (Å²) >= 11 is 0. The lowest BCUT2D eigenvalue weighted by atomic mass is 9.85. The summed E-state index contributed by atoms with van der Waals surface area (Å²) in [5, 5.41) is 8.32. The Morgan fingerprint density at radius 1 is 1.20 bits per heavy atom. The highest BCUT2D eigenvalue weighted by atomic mass is 15.3. The van der Waals surface area contributed by atoms with Gasteiger partial charge in [-0.2, -0.15) is 5.10 Å². The van der Waals surface area contributed by atoms with Gasteiger partial charge in [-0.25, -0.2) is 0 Å². The van der Waals surface area contributed by atoms with E-state index in [-0.39, 0.29) is 0 Å². The van der Waals surface area contributed by atoms with E-state index in [4.69, 9.17) is 0 Å². The van der Waals surface area contributed by atoms with Gasteiger partial charge in [0, 0.05) is 30.4 Å². The van der Waals surface area contributed by atoms with E-state index in [1.807, 2.05) is 6.20 Å². The Morgan fingerprint density at radius 2 is 2.05 bits per heavy atom. The van der Waals surface area contributed by atoms with Crippen molar-refractivity contribution in [2.24, 2.45) is 5.92 Å². The Hall–Kier alpha value is -0.830. The second kappa shape index (κ2) is 6.75. The van der Waals surface area contributed by atoms with Crippen molar-refractivity contribution in [1.29, 1.82) is 0 Å². The van der Waals surface area contributed by atoms with Crippen LogP contribution in [0.5, 0.6) is 0 Å². The second-order valence-corrected chi connectivity index (χ2v) is 6.67. The van der Waals surface area contributed by atoms with Crippen molar-refractivity contribution in [3.8, 4) is 0 Å². The molecule has 0 spiro atoms. The molecular weight excluding hydrogens is 246 g/mol. The third-order valence-electron chi connectivity index (χ3n) is 4.97. The van der Waals surface area contributed by atoms with Crippen LogP contribution in [0.4, 0.5) is 0 Å².